The van der Waals surface area contributed by atoms with Crippen molar-refractivity contribution in [3.63, 3.8) is 0 Å². The number of aromatic nitrogens is 1. The van der Waals surface area contributed by atoms with E-state index in [2.05, 4.69) is 20.9 Å². The molecule has 1 aromatic heterocycles. The molecule has 0 radical (unpaired) electrons. The molecule has 6 heteroatoms. The maximum absolute atomic E-state index is 7.31. The van der Waals surface area contributed by atoms with Gasteiger partial charge in [0.15, 0.2) is 0 Å². The van der Waals surface area contributed by atoms with Crippen molar-refractivity contribution in [2.75, 3.05) is 0 Å². The van der Waals surface area contributed by atoms with E-state index in [0.29, 0.717) is 22.2 Å². The van der Waals surface area contributed by atoms with Crippen LogP contribution in [0.3, 0.4) is 0 Å². The van der Waals surface area contributed by atoms with Gasteiger partial charge in [-0.1, -0.05) is 27.5 Å². The second kappa shape index (κ2) is 5.37. The van der Waals surface area contributed by atoms with E-state index in [0.717, 1.165) is 4.47 Å². The van der Waals surface area contributed by atoms with Crippen molar-refractivity contribution in [3.8, 4) is 11.5 Å². The van der Waals surface area contributed by atoms with Crippen LogP contribution in [0.25, 0.3) is 0 Å². The zero-order valence-corrected chi connectivity index (χ0v) is 11.5. The number of nitrogen functional groups attached to an aromatic ring is 1. The van der Waals surface area contributed by atoms with Crippen LogP contribution in [-0.2, 0) is 0 Å². The maximum atomic E-state index is 7.31. The molecular formula is C12H9BrClN3O. The summed E-state index contributed by atoms with van der Waals surface area (Å²) in [6.07, 6.45) is 1.53. The fourth-order valence-electron chi connectivity index (χ4n) is 1.30. The van der Waals surface area contributed by atoms with E-state index < -0.39 is 0 Å². The fraction of sp³-hybridized carbons (Fsp3) is 0. The molecule has 1 aromatic carbocycles. The van der Waals surface area contributed by atoms with Crippen molar-refractivity contribution in [1.82, 2.24) is 4.98 Å². The summed E-state index contributed by atoms with van der Waals surface area (Å²) in [5.41, 5.74) is 5.72. The lowest BCUT2D eigenvalue weighted by Crippen LogP contribution is -2.12. The first kappa shape index (κ1) is 12.9. The van der Waals surface area contributed by atoms with E-state index in [1.807, 2.05) is 6.07 Å². The van der Waals surface area contributed by atoms with Crippen LogP contribution in [0.1, 0.15) is 5.69 Å². The van der Waals surface area contributed by atoms with Crippen LogP contribution >= 0.6 is 27.5 Å². The van der Waals surface area contributed by atoms with Gasteiger partial charge in [-0.25, -0.2) is 0 Å². The van der Waals surface area contributed by atoms with Crippen LogP contribution in [0.4, 0.5) is 0 Å². The molecule has 0 fully saturated rings. The van der Waals surface area contributed by atoms with Crippen molar-refractivity contribution in [3.05, 3.63) is 51.7 Å². The van der Waals surface area contributed by atoms with Gasteiger partial charge >= 0.3 is 0 Å². The Morgan fingerprint density at radius 3 is 2.83 bits per heavy atom. The molecular weight excluding hydrogens is 318 g/mol. The number of ether oxygens (including phenoxy) is 1. The normalized spacial score (nSPS) is 10.1. The summed E-state index contributed by atoms with van der Waals surface area (Å²) >= 11 is 9.36. The van der Waals surface area contributed by atoms with Crippen LogP contribution < -0.4 is 10.5 Å². The molecule has 1 heterocycles. The molecule has 0 atom stereocenters. The van der Waals surface area contributed by atoms with Crippen molar-refractivity contribution in [2.45, 2.75) is 0 Å². The Hall–Kier alpha value is -1.59. The predicted octanol–water partition coefficient (Wildman–Crippen LogP) is 3.57. The highest BCUT2D eigenvalue weighted by Crippen LogP contribution is 2.31. The first-order chi connectivity index (χ1) is 8.56. The molecule has 0 amide bonds. The van der Waals surface area contributed by atoms with Crippen LogP contribution in [-0.4, -0.2) is 10.8 Å². The second-order valence-corrected chi connectivity index (χ2v) is 4.79. The minimum atomic E-state index is -0.110. The van der Waals surface area contributed by atoms with Gasteiger partial charge in [0.05, 0.1) is 5.02 Å². The third-order valence-electron chi connectivity index (χ3n) is 2.13. The average molecular weight is 327 g/mol. The number of benzene rings is 1. The lowest BCUT2D eigenvalue weighted by Gasteiger charge is -2.08. The Morgan fingerprint density at radius 2 is 2.11 bits per heavy atom. The van der Waals surface area contributed by atoms with Gasteiger partial charge in [0.25, 0.3) is 0 Å². The molecule has 0 bridgehead atoms. The number of hydrogen-bond donors (Lipinski definition) is 2. The van der Waals surface area contributed by atoms with Crippen LogP contribution in [0.2, 0.25) is 5.02 Å². The van der Waals surface area contributed by atoms with Gasteiger partial charge < -0.3 is 10.5 Å². The highest BCUT2D eigenvalue weighted by Gasteiger charge is 2.06. The topological polar surface area (TPSA) is 72.0 Å². The van der Waals surface area contributed by atoms with Gasteiger partial charge in [-0.05, 0) is 24.3 Å². The van der Waals surface area contributed by atoms with Crippen molar-refractivity contribution < 1.29 is 4.74 Å². The summed E-state index contributed by atoms with van der Waals surface area (Å²) in [5, 5.41) is 7.81. The summed E-state index contributed by atoms with van der Waals surface area (Å²) in [7, 11) is 0. The quantitative estimate of drug-likeness (QED) is 0.669. The van der Waals surface area contributed by atoms with Gasteiger partial charge in [-0.15, -0.1) is 0 Å². The monoisotopic (exact) mass is 325 g/mol. The first-order valence-electron chi connectivity index (χ1n) is 4.99. The Bertz CT molecular complexity index is 604. The third-order valence-corrected chi connectivity index (χ3v) is 2.93. The second-order valence-electron chi connectivity index (χ2n) is 3.47. The molecule has 92 valence electrons. The summed E-state index contributed by atoms with van der Waals surface area (Å²) in [5.74, 6) is 0.933. The SMILES string of the molecule is N=C(N)c1cc(Oc2cc(Br)ccc2Cl)ccn1. The molecule has 0 saturated heterocycles. The van der Waals surface area contributed by atoms with Gasteiger partial charge in [0, 0.05) is 16.7 Å². The molecule has 0 unspecified atom stereocenters. The Balaban J connectivity index is 2.31. The fourth-order valence-corrected chi connectivity index (χ4v) is 1.80. The molecule has 0 aliphatic heterocycles. The molecule has 0 spiro atoms. The summed E-state index contributed by atoms with van der Waals surface area (Å²) < 4.78 is 6.49. The average Bonchev–Trinajstić information content (AvgIpc) is 2.34. The van der Waals surface area contributed by atoms with Crippen LogP contribution in [0.15, 0.2) is 41.0 Å². The Labute approximate surface area is 117 Å². The molecule has 0 saturated carbocycles. The molecule has 2 rings (SSSR count). The molecule has 0 aliphatic carbocycles. The van der Waals surface area contributed by atoms with E-state index in [1.54, 1.807) is 24.3 Å². The predicted molar refractivity (Wildman–Crippen MR) is 74.5 cm³/mol. The van der Waals surface area contributed by atoms with Crippen molar-refractivity contribution in [1.29, 1.82) is 5.41 Å². The molecule has 0 aliphatic rings. The molecule has 2 aromatic rings. The minimum absolute atomic E-state index is 0.110. The van der Waals surface area contributed by atoms with Crippen LogP contribution in [0, 0.1) is 5.41 Å². The van der Waals surface area contributed by atoms with Crippen molar-refractivity contribution in [2.24, 2.45) is 5.73 Å². The largest absolute Gasteiger partial charge is 0.456 e. The zero-order chi connectivity index (χ0) is 13.1. The lowest BCUT2D eigenvalue weighted by atomic mass is 10.3. The van der Waals surface area contributed by atoms with Gasteiger partial charge in [-0.3, -0.25) is 10.4 Å². The number of amidine groups is 1. The first-order valence-corrected chi connectivity index (χ1v) is 6.17. The zero-order valence-electron chi connectivity index (χ0n) is 9.15. The summed E-state index contributed by atoms with van der Waals surface area (Å²) in [6.45, 7) is 0. The highest BCUT2D eigenvalue weighted by atomic mass is 79.9. The van der Waals surface area contributed by atoms with Gasteiger partial charge in [0.1, 0.15) is 23.0 Å². The number of rotatable bonds is 3. The van der Waals surface area contributed by atoms with E-state index in [-0.39, 0.29) is 5.84 Å². The number of nitrogens with two attached hydrogens (primary N) is 1. The summed E-state index contributed by atoms with van der Waals surface area (Å²) in [6, 6.07) is 8.57. The Kier molecular flexibility index (Phi) is 3.84. The molecule has 4 nitrogen and oxygen atoms in total. The highest BCUT2D eigenvalue weighted by molar-refractivity contribution is 9.10. The number of nitrogens with one attached hydrogen (secondary N) is 1. The lowest BCUT2D eigenvalue weighted by molar-refractivity contribution is 0.481. The van der Waals surface area contributed by atoms with Crippen molar-refractivity contribution >= 4 is 33.4 Å². The number of nitrogens with zero attached hydrogens (tertiary/aromatic N) is 1. The van der Waals surface area contributed by atoms with E-state index in [1.165, 1.54) is 6.20 Å². The van der Waals surface area contributed by atoms with Gasteiger partial charge in [0.2, 0.25) is 0 Å². The third kappa shape index (κ3) is 3.00. The van der Waals surface area contributed by atoms with Gasteiger partial charge in [-0.2, -0.15) is 0 Å². The number of hydrogen-bond acceptors (Lipinski definition) is 3. The minimum Gasteiger partial charge on any atom is -0.456 e. The standard InChI is InChI=1S/C12H9BrClN3O/c13-7-1-2-9(14)11(5-7)18-8-3-4-17-10(6-8)12(15)16/h1-6H,(H3,15,16). The van der Waals surface area contributed by atoms with E-state index in [4.69, 9.17) is 27.5 Å². The maximum Gasteiger partial charge on any atom is 0.147 e. The number of pyridine rings is 1. The molecule has 18 heavy (non-hydrogen) atoms. The van der Waals surface area contributed by atoms with Crippen LogP contribution in [0.5, 0.6) is 11.5 Å². The Morgan fingerprint density at radius 1 is 1.33 bits per heavy atom. The smallest absolute Gasteiger partial charge is 0.147 e. The summed E-state index contributed by atoms with van der Waals surface area (Å²) in [4.78, 5) is 3.95. The van der Waals surface area contributed by atoms with E-state index >= 15 is 0 Å². The molecule has 3 N–H and O–H groups in total. The van der Waals surface area contributed by atoms with E-state index in [9.17, 15) is 0 Å². The number of halogens is 2.